The second-order valence-corrected chi connectivity index (χ2v) is 4.95. The van der Waals surface area contributed by atoms with E-state index in [1.54, 1.807) is 14.2 Å². The summed E-state index contributed by atoms with van der Waals surface area (Å²) >= 11 is 0. The normalized spacial score (nSPS) is 19.9. The molecule has 1 N–H and O–H groups in total. The van der Waals surface area contributed by atoms with Gasteiger partial charge in [0, 0.05) is 39.6 Å². The fourth-order valence-electron chi connectivity index (χ4n) is 2.60. The standard InChI is InChI=1S/C15H22O4/c1-17-13-5-3-4-12(10-13)11-14(16)15(18-2)6-8-19-9-7-15/h3-5,10,14,16H,6-9,11H2,1-2H3. The molecule has 1 aromatic carbocycles. The van der Waals surface area contributed by atoms with Gasteiger partial charge in [-0.05, 0) is 17.7 Å². The van der Waals surface area contributed by atoms with E-state index in [9.17, 15) is 5.11 Å². The van der Waals surface area contributed by atoms with Crippen LogP contribution in [0, 0.1) is 0 Å². The third-order valence-corrected chi connectivity index (χ3v) is 3.92. The number of ether oxygens (including phenoxy) is 3. The van der Waals surface area contributed by atoms with Gasteiger partial charge in [-0.25, -0.2) is 0 Å². The lowest BCUT2D eigenvalue weighted by Crippen LogP contribution is -2.49. The average molecular weight is 266 g/mol. The van der Waals surface area contributed by atoms with Crippen molar-refractivity contribution in [3.63, 3.8) is 0 Å². The van der Waals surface area contributed by atoms with Crippen molar-refractivity contribution in [1.29, 1.82) is 0 Å². The van der Waals surface area contributed by atoms with Gasteiger partial charge in [0.1, 0.15) is 5.75 Å². The minimum atomic E-state index is -0.534. The molecule has 1 fully saturated rings. The molecule has 1 heterocycles. The summed E-state index contributed by atoms with van der Waals surface area (Å²) in [7, 11) is 3.31. The maximum absolute atomic E-state index is 10.5. The average Bonchev–Trinajstić information content (AvgIpc) is 2.48. The highest BCUT2D eigenvalue weighted by molar-refractivity contribution is 5.29. The molecule has 1 aliphatic heterocycles. The molecule has 1 saturated heterocycles. The van der Waals surface area contributed by atoms with Crippen LogP contribution in [0.25, 0.3) is 0 Å². The van der Waals surface area contributed by atoms with E-state index < -0.39 is 11.7 Å². The van der Waals surface area contributed by atoms with Crippen LogP contribution in [0.3, 0.4) is 0 Å². The fraction of sp³-hybridized carbons (Fsp3) is 0.600. The minimum absolute atomic E-state index is 0.485. The van der Waals surface area contributed by atoms with Crippen molar-refractivity contribution in [2.24, 2.45) is 0 Å². The van der Waals surface area contributed by atoms with Crippen LogP contribution in [0.1, 0.15) is 18.4 Å². The Kier molecular flexibility index (Phi) is 4.80. The third kappa shape index (κ3) is 3.26. The van der Waals surface area contributed by atoms with Crippen LogP contribution in [0.15, 0.2) is 24.3 Å². The van der Waals surface area contributed by atoms with E-state index in [1.165, 1.54) is 0 Å². The highest BCUT2D eigenvalue weighted by Gasteiger charge is 2.39. The molecule has 1 aliphatic rings. The molecule has 19 heavy (non-hydrogen) atoms. The van der Waals surface area contributed by atoms with Crippen LogP contribution < -0.4 is 4.74 Å². The molecule has 4 heteroatoms. The van der Waals surface area contributed by atoms with Crippen molar-refractivity contribution in [2.45, 2.75) is 31.0 Å². The van der Waals surface area contributed by atoms with E-state index >= 15 is 0 Å². The SMILES string of the molecule is COc1cccc(CC(O)C2(OC)CCOCC2)c1. The first kappa shape index (κ1) is 14.3. The van der Waals surface area contributed by atoms with Crippen molar-refractivity contribution in [1.82, 2.24) is 0 Å². The van der Waals surface area contributed by atoms with Gasteiger partial charge >= 0.3 is 0 Å². The molecule has 0 aromatic heterocycles. The van der Waals surface area contributed by atoms with Gasteiger partial charge in [-0.3, -0.25) is 0 Å². The summed E-state index contributed by atoms with van der Waals surface area (Å²) in [4.78, 5) is 0. The first-order valence-electron chi connectivity index (χ1n) is 6.64. The van der Waals surface area contributed by atoms with Crippen molar-refractivity contribution in [3.05, 3.63) is 29.8 Å². The van der Waals surface area contributed by atoms with E-state index in [1.807, 2.05) is 24.3 Å². The quantitative estimate of drug-likeness (QED) is 0.882. The van der Waals surface area contributed by atoms with Gasteiger partial charge in [0.15, 0.2) is 0 Å². The van der Waals surface area contributed by atoms with Crippen molar-refractivity contribution < 1.29 is 19.3 Å². The Bertz CT molecular complexity index is 399. The molecule has 0 radical (unpaired) electrons. The van der Waals surface area contributed by atoms with Crippen molar-refractivity contribution in [3.8, 4) is 5.75 Å². The first-order valence-corrected chi connectivity index (χ1v) is 6.64. The van der Waals surface area contributed by atoms with E-state index in [2.05, 4.69) is 0 Å². The molecule has 106 valence electrons. The lowest BCUT2D eigenvalue weighted by Gasteiger charge is -2.39. The summed E-state index contributed by atoms with van der Waals surface area (Å²) in [6, 6.07) is 7.78. The Hall–Kier alpha value is -1.10. The molecule has 1 aromatic rings. The molecule has 0 amide bonds. The Balaban J connectivity index is 2.07. The number of benzene rings is 1. The molecule has 0 bridgehead atoms. The number of hydrogen-bond donors (Lipinski definition) is 1. The lowest BCUT2D eigenvalue weighted by molar-refractivity contribution is -0.151. The maximum atomic E-state index is 10.5. The monoisotopic (exact) mass is 266 g/mol. The highest BCUT2D eigenvalue weighted by Crippen LogP contribution is 2.30. The zero-order valence-corrected chi connectivity index (χ0v) is 11.6. The molecule has 0 spiro atoms. The molecule has 0 saturated carbocycles. The Labute approximate surface area is 114 Å². The van der Waals surface area contributed by atoms with Crippen LogP contribution in [-0.4, -0.2) is 44.2 Å². The second kappa shape index (κ2) is 6.37. The van der Waals surface area contributed by atoms with Gasteiger partial charge in [-0.1, -0.05) is 12.1 Å². The van der Waals surface area contributed by atoms with E-state index in [0.29, 0.717) is 19.6 Å². The third-order valence-electron chi connectivity index (χ3n) is 3.92. The summed E-state index contributed by atoms with van der Waals surface area (Å²) in [6.45, 7) is 1.28. The van der Waals surface area contributed by atoms with Gasteiger partial charge in [-0.2, -0.15) is 0 Å². The summed E-state index contributed by atoms with van der Waals surface area (Å²) in [6.07, 6.45) is 1.49. The minimum Gasteiger partial charge on any atom is -0.497 e. The predicted molar refractivity (Wildman–Crippen MR) is 72.5 cm³/mol. The number of hydrogen-bond acceptors (Lipinski definition) is 4. The van der Waals surface area contributed by atoms with Crippen molar-refractivity contribution in [2.75, 3.05) is 27.4 Å². The molecular formula is C15H22O4. The summed E-state index contributed by atoms with van der Waals surface area (Å²) in [5.41, 5.74) is 0.566. The Morgan fingerprint density at radius 1 is 1.32 bits per heavy atom. The van der Waals surface area contributed by atoms with Crippen molar-refractivity contribution >= 4 is 0 Å². The molecular weight excluding hydrogens is 244 g/mol. The molecule has 1 atom stereocenters. The zero-order valence-electron chi connectivity index (χ0n) is 11.6. The number of aliphatic hydroxyl groups is 1. The van der Waals surface area contributed by atoms with E-state index in [0.717, 1.165) is 24.2 Å². The molecule has 1 unspecified atom stereocenters. The zero-order chi connectivity index (χ0) is 13.7. The number of aliphatic hydroxyl groups excluding tert-OH is 1. The van der Waals surface area contributed by atoms with Crippen LogP contribution >= 0.6 is 0 Å². The number of rotatable bonds is 5. The highest BCUT2D eigenvalue weighted by atomic mass is 16.5. The van der Waals surface area contributed by atoms with Crippen LogP contribution in [-0.2, 0) is 15.9 Å². The number of methoxy groups -OCH3 is 2. The van der Waals surface area contributed by atoms with Gasteiger partial charge < -0.3 is 19.3 Å². The van der Waals surface area contributed by atoms with Gasteiger partial charge in [0.25, 0.3) is 0 Å². The van der Waals surface area contributed by atoms with Crippen LogP contribution in [0.5, 0.6) is 5.75 Å². The van der Waals surface area contributed by atoms with E-state index in [4.69, 9.17) is 14.2 Å². The molecule has 4 nitrogen and oxygen atoms in total. The summed E-state index contributed by atoms with van der Waals surface area (Å²) in [5.74, 6) is 0.808. The van der Waals surface area contributed by atoms with Crippen LogP contribution in [0.4, 0.5) is 0 Å². The van der Waals surface area contributed by atoms with Gasteiger partial charge in [0.2, 0.25) is 0 Å². The smallest absolute Gasteiger partial charge is 0.119 e. The Morgan fingerprint density at radius 2 is 2.05 bits per heavy atom. The largest absolute Gasteiger partial charge is 0.497 e. The second-order valence-electron chi connectivity index (χ2n) is 4.95. The Morgan fingerprint density at radius 3 is 2.68 bits per heavy atom. The molecule has 0 aliphatic carbocycles. The maximum Gasteiger partial charge on any atom is 0.119 e. The topological polar surface area (TPSA) is 47.9 Å². The summed E-state index contributed by atoms with van der Waals surface area (Å²) in [5, 5.41) is 10.5. The van der Waals surface area contributed by atoms with Gasteiger partial charge in [-0.15, -0.1) is 0 Å². The van der Waals surface area contributed by atoms with E-state index in [-0.39, 0.29) is 0 Å². The summed E-state index contributed by atoms with van der Waals surface area (Å²) < 4.78 is 16.2. The fourth-order valence-corrected chi connectivity index (χ4v) is 2.60. The predicted octanol–water partition coefficient (Wildman–Crippen LogP) is 1.79. The van der Waals surface area contributed by atoms with Crippen LogP contribution in [0.2, 0.25) is 0 Å². The molecule has 2 rings (SSSR count). The first-order chi connectivity index (χ1) is 9.20. The lowest BCUT2D eigenvalue weighted by atomic mass is 9.84. The van der Waals surface area contributed by atoms with Gasteiger partial charge in [0.05, 0.1) is 18.8 Å².